The molecule has 0 radical (unpaired) electrons. The molecule has 50 valence electrons. The van der Waals surface area contributed by atoms with Gasteiger partial charge >= 0.3 is 0 Å². The van der Waals surface area contributed by atoms with Crippen molar-refractivity contribution in [2.24, 2.45) is 0 Å². The van der Waals surface area contributed by atoms with Gasteiger partial charge < -0.3 is 10.6 Å². The molecule has 3 heteroatoms. The molecule has 0 saturated carbocycles. The summed E-state index contributed by atoms with van der Waals surface area (Å²) in [6.07, 6.45) is 0.967. The fourth-order valence-electron chi connectivity index (χ4n) is 0.415. The lowest BCUT2D eigenvalue weighted by atomic mass is 10.4. The Bertz CT molecular complexity index is 49.7. The molecule has 0 aliphatic rings. The van der Waals surface area contributed by atoms with Crippen LogP contribution in [0.1, 0.15) is 6.42 Å². The minimum Gasteiger partial charge on any atom is -0.320 e. The molecule has 0 fully saturated rings. The molecule has 0 aromatic carbocycles. The average molecular weight is 137 g/mol. The van der Waals surface area contributed by atoms with E-state index in [-0.39, 0.29) is 5.50 Å². The summed E-state index contributed by atoms with van der Waals surface area (Å²) >= 11 is 5.69. The molecule has 0 saturated heterocycles. The smallest absolute Gasteiger partial charge is 0.0835 e. The van der Waals surface area contributed by atoms with E-state index in [0.29, 0.717) is 0 Å². The Hall–Kier alpha value is 0.210. The van der Waals surface area contributed by atoms with Gasteiger partial charge in [-0.15, -0.1) is 11.6 Å². The van der Waals surface area contributed by atoms with E-state index in [4.69, 9.17) is 11.6 Å². The van der Waals surface area contributed by atoms with Crippen molar-refractivity contribution in [3.8, 4) is 0 Å². The van der Waals surface area contributed by atoms with Crippen molar-refractivity contribution in [2.75, 3.05) is 20.6 Å². The van der Waals surface area contributed by atoms with E-state index in [2.05, 4.69) is 10.6 Å². The standard InChI is InChI=1S/C5H13ClN2/c1-7-4-3-5(6)8-2/h5,7-8H,3-4H2,1-2H3. The molecule has 8 heavy (non-hydrogen) atoms. The van der Waals surface area contributed by atoms with Crippen LogP contribution < -0.4 is 10.6 Å². The second kappa shape index (κ2) is 5.35. The van der Waals surface area contributed by atoms with Gasteiger partial charge in [-0.3, -0.25) is 0 Å². The van der Waals surface area contributed by atoms with E-state index in [1.807, 2.05) is 14.1 Å². The van der Waals surface area contributed by atoms with Gasteiger partial charge in [0.1, 0.15) is 0 Å². The minimum absolute atomic E-state index is 0.113. The first kappa shape index (κ1) is 8.21. The summed E-state index contributed by atoms with van der Waals surface area (Å²) in [5.74, 6) is 0. The zero-order valence-corrected chi connectivity index (χ0v) is 6.13. The maximum Gasteiger partial charge on any atom is 0.0835 e. The third-order valence-corrected chi connectivity index (χ3v) is 1.40. The van der Waals surface area contributed by atoms with E-state index in [9.17, 15) is 0 Å². The van der Waals surface area contributed by atoms with E-state index >= 15 is 0 Å². The van der Waals surface area contributed by atoms with Crippen molar-refractivity contribution in [3.05, 3.63) is 0 Å². The molecule has 0 bridgehead atoms. The molecule has 0 aromatic heterocycles. The third-order valence-electron chi connectivity index (χ3n) is 0.961. The summed E-state index contributed by atoms with van der Waals surface area (Å²) in [6, 6.07) is 0. The van der Waals surface area contributed by atoms with Crippen LogP contribution in [0, 0.1) is 0 Å². The highest BCUT2D eigenvalue weighted by molar-refractivity contribution is 6.20. The van der Waals surface area contributed by atoms with Crippen LogP contribution in [0.15, 0.2) is 0 Å². The molecule has 0 heterocycles. The molecule has 0 amide bonds. The first-order valence-electron chi connectivity index (χ1n) is 2.77. The zero-order chi connectivity index (χ0) is 6.41. The molecular weight excluding hydrogens is 124 g/mol. The summed E-state index contributed by atoms with van der Waals surface area (Å²) in [6.45, 7) is 0.967. The van der Waals surface area contributed by atoms with Crippen LogP contribution in [0.4, 0.5) is 0 Å². The summed E-state index contributed by atoms with van der Waals surface area (Å²) in [5, 5.41) is 5.93. The van der Waals surface area contributed by atoms with Crippen molar-refractivity contribution in [3.63, 3.8) is 0 Å². The predicted molar refractivity (Wildman–Crippen MR) is 37.2 cm³/mol. The number of hydrogen-bond donors (Lipinski definition) is 2. The van der Waals surface area contributed by atoms with E-state index < -0.39 is 0 Å². The molecule has 2 nitrogen and oxygen atoms in total. The number of rotatable bonds is 4. The third kappa shape index (κ3) is 4.37. The lowest BCUT2D eigenvalue weighted by Gasteiger charge is -2.05. The molecule has 2 N–H and O–H groups in total. The molecule has 0 spiro atoms. The molecule has 0 aromatic rings. The van der Waals surface area contributed by atoms with Gasteiger partial charge in [0.2, 0.25) is 0 Å². The van der Waals surface area contributed by atoms with E-state index in [1.54, 1.807) is 0 Å². The van der Waals surface area contributed by atoms with Gasteiger partial charge in [0.15, 0.2) is 0 Å². The normalized spacial score (nSPS) is 13.9. The Morgan fingerprint density at radius 2 is 2.12 bits per heavy atom. The quantitative estimate of drug-likeness (QED) is 0.432. The zero-order valence-electron chi connectivity index (χ0n) is 5.37. The predicted octanol–water partition coefficient (Wildman–Crippen LogP) is 0.380. The summed E-state index contributed by atoms with van der Waals surface area (Å²) < 4.78 is 0. The molecular formula is C5H13ClN2. The Morgan fingerprint density at radius 1 is 1.50 bits per heavy atom. The van der Waals surface area contributed by atoms with Gasteiger partial charge in [0.25, 0.3) is 0 Å². The molecule has 0 aliphatic carbocycles. The fraction of sp³-hybridized carbons (Fsp3) is 1.00. The van der Waals surface area contributed by atoms with Gasteiger partial charge in [-0.2, -0.15) is 0 Å². The van der Waals surface area contributed by atoms with Crippen molar-refractivity contribution < 1.29 is 0 Å². The van der Waals surface area contributed by atoms with Crippen LogP contribution in [-0.2, 0) is 0 Å². The second-order valence-corrected chi connectivity index (χ2v) is 2.18. The average Bonchev–Trinajstić information content (AvgIpc) is 1.83. The maximum absolute atomic E-state index is 5.69. The van der Waals surface area contributed by atoms with Crippen LogP contribution in [0.5, 0.6) is 0 Å². The van der Waals surface area contributed by atoms with Crippen LogP contribution in [0.3, 0.4) is 0 Å². The van der Waals surface area contributed by atoms with Crippen LogP contribution in [-0.4, -0.2) is 26.1 Å². The van der Waals surface area contributed by atoms with Gasteiger partial charge in [-0.05, 0) is 27.1 Å². The lowest BCUT2D eigenvalue weighted by molar-refractivity contribution is 0.633. The van der Waals surface area contributed by atoms with Gasteiger partial charge in [0, 0.05) is 0 Å². The number of alkyl halides is 1. The first-order chi connectivity index (χ1) is 3.81. The largest absolute Gasteiger partial charge is 0.320 e. The SMILES string of the molecule is CNCCC(Cl)NC. The van der Waals surface area contributed by atoms with Gasteiger partial charge in [-0.25, -0.2) is 0 Å². The minimum atomic E-state index is 0.113. The van der Waals surface area contributed by atoms with Crippen molar-refractivity contribution in [2.45, 2.75) is 11.9 Å². The monoisotopic (exact) mass is 136 g/mol. The number of halogens is 1. The van der Waals surface area contributed by atoms with E-state index in [0.717, 1.165) is 13.0 Å². The summed E-state index contributed by atoms with van der Waals surface area (Å²) in [7, 11) is 3.77. The maximum atomic E-state index is 5.69. The highest BCUT2D eigenvalue weighted by atomic mass is 35.5. The summed E-state index contributed by atoms with van der Waals surface area (Å²) in [4.78, 5) is 0. The highest BCUT2D eigenvalue weighted by Crippen LogP contribution is 1.92. The van der Waals surface area contributed by atoms with Crippen molar-refractivity contribution in [1.29, 1.82) is 0 Å². The van der Waals surface area contributed by atoms with Gasteiger partial charge in [-0.1, -0.05) is 0 Å². The molecule has 1 atom stereocenters. The van der Waals surface area contributed by atoms with Crippen LogP contribution in [0.25, 0.3) is 0 Å². The number of hydrogen-bond acceptors (Lipinski definition) is 2. The van der Waals surface area contributed by atoms with Crippen LogP contribution >= 0.6 is 11.6 Å². The highest BCUT2D eigenvalue weighted by Gasteiger charge is 1.95. The van der Waals surface area contributed by atoms with Gasteiger partial charge in [0.05, 0.1) is 5.50 Å². The molecule has 0 aliphatic heterocycles. The summed E-state index contributed by atoms with van der Waals surface area (Å²) in [5.41, 5.74) is 0.113. The number of nitrogens with one attached hydrogen (secondary N) is 2. The molecule has 1 unspecified atom stereocenters. The Kier molecular flexibility index (Phi) is 5.49. The fourth-order valence-corrected chi connectivity index (χ4v) is 0.525. The Balaban J connectivity index is 2.86. The van der Waals surface area contributed by atoms with Crippen LogP contribution in [0.2, 0.25) is 0 Å². The van der Waals surface area contributed by atoms with E-state index in [1.165, 1.54) is 0 Å². The Morgan fingerprint density at radius 3 is 2.50 bits per heavy atom. The van der Waals surface area contributed by atoms with Crippen molar-refractivity contribution >= 4 is 11.6 Å². The molecule has 0 rings (SSSR count). The first-order valence-corrected chi connectivity index (χ1v) is 3.21. The lowest BCUT2D eigenvalue weighted by Crippen LogP contribution is -2.23. The second-order valence-electron chi connectivity index (χ2n) is 1.65. The van der Waals surface area contributed by atoms with Crippen molar-refractivity contribution in [1.82, 2.24) is 10.6 Å². The Labute approximate surface area is 55.6 Å². The topological polar surface area (TPSA) is 24.1 Å².